The molecule has 0 bridgehead atoms. The molecule has 3 nitrogen and oxygen atoms in total. The molecule has 3 rings (SSSR count). The highest BCUT2D eigenvalue weighted by atomic mass is 16.5. The van der Waals surface area contributed by atoms with Crippen LogP contribution >= 0.6 is 0 Å². The monoisotopic (exact) mass is 270 g/mol. The highest BCUT2D eigenvalue weighted by Gasteiger charge is 2.38. The van der Waals surface area contributed by atoms with Crippen molar-refractivity contribution in [3.63, 3.8) is 0 Å². The van der Waals surface area contributed by atoms with Gasteiger partial charge in [0.1, 0.15) is 0 Å². The summed E-state index contributed by atoms with van der Waals surface area (Å²) in [5.41, 5.74) is 1.90. The van der Waals surface area contributed by atoms with E-state index in [1.807, 2.05) is 24.3 Å². The normalized spacial score (nSPS) is 25.1. The lowest BCUT2D eigenvalue weighted by Crippen LogP contribution is -2.45. The first kappa shape index (κ1) is 13.5. The molecule has 0 amide bonds. The van der Waals surface area contributed by atoms with Crippen molar-refractivity contribution >= 4 is 5.69 Å². The number of hydrogen-bond acceptors (Lipinski definition) is 3. The lowest BCUT2D eigenvalue weighted by molar-refractivity contribution is -0.103. The van der Waals surface area contributed by atoms with E-state index in [0.717, 1.165) is 30.7 Å². The van der Waals surface area contributed by atoms with Crippen LogP contribution in [-0.4, -0.2) is 18.2 Å². The van der Waals surface area contributed by atoms with Crippen LogP contribution in [0.3, 0.4) is 0 Å². The topological polar surface area (TPSA) is 45.0 Å². The van der Waals surface area contributed by atoms with Gasteiger partial charge in [0.2, 0.25) is 0 Å². The van der Waals surface area contributed by atoms with Crippen LogP contribution in [0.25, 0.3) is 0 Å². The van der Waals surface area contributed by atoms with Crippen molar-refractivity contribution in [2.75, 3.05) is 11.9 Å². The molecule has 1 spiro atoms. The molecule has 1 saturated heterocycles. The van der Waals surface area contributed by atoms with E-state index in [1.165, 1.54) is 32.1 Å². The van der Waals surface area contributed by atoms with Gasteiger partial charge in [0.15, 0.2) is 0 Å². The second kappa shape index (κ2) is 5.85. The van der Waals surface area contributed by atoms with E-state index in [4.69, 9.17) is 10.00 Å². The van der Waals surface area contributed by atoms with Crippen LogP contribution in [0.1, 0.15) is 50.5 Å². The maximum absolute atomic E-state index is 8.97. The number of ether oxygens (including phenoxy) is 1. The van der Waals surface area contributed by atoms with Crippen molar-refractivity contribution in [3.05, 3.63) is 29.8 Å². The summed E-state index contributed by atoms with van der Waals surface area (Å²) in [4.78, 5) is 0. The van der Waals surface area contributed by atoms with Crippen LogP contribution in [0.2, 0.25) is 0 Å². The molecular formula is C17H22N2O. The minimum absolute atomic E-state index is 0.126. The first-order chi connectivity index (χ1) is 9.80. The van der Waals surface area contributed by atoms with E-state index in [-0.39, 0.29) is 5.60 Å². The van der Waals surface area contributed by atoms with Crippen molar-refractivity contribution < 1.29 is 4.74 Å². The molecule has 1 heterocycles. The van der Waals surface area contributed by atoms with Crippen LogP contribution in [0.15, 0.2) is 24.3 Å². The summed E-state index contributed by atoms with van der Waals surface area (Å²) in [6, 6.07) is 10.4. The van der Waals surface area contributed by atoms with Crippen LogP contribution in [0.5, 0.6) is 0 Å². The van der Waals surface area contributed by atoms with Gasteiger partial charge in [-0.3, -0.25) is 0 Å². The van der Waals surface area contributed by atoms with E-state index in [2.05, 4.69) is 11.4 Å². The van der Waals surface area contributed by atoms with Gasteiger partial charge in [0, 0.05) is 18.3 Å². The number of nitrogens with zero attached hydrogens (tertiary/aromatic N) is 1. The fraction of sp³-hybridized carbons (Fsp3) is 0.588. The fourth-order valence-corrected chi connectivity index (χ4v) is 3.61. The molecule has 0 radical (unpaired) electrons. The SMILES string of the molecule is N#Cc1cccc(NC2CCOC3(CCCCC3)C2)c1. The maximum atomic E-state index is 8.97. The summed E-state index contributed by atoms with van der Waals surface area (Å²) >= 11 is 0. The van der Waals surface area contributed by atoms with E-state index >= 15 is 0 Å². The summed E-state index contributed by atoms with van der Waals surface area (Å²) in [5.74, 6) is 0. The summed E-state index contributed by atoms with van der Waals surface area (Å²) in [6.07, 6.45) is 8.54. The Morgan fingerprint density at radius 3 is 2.90 bits per heavy atom. The molecule has 1 atom stereocenters. The number of anilines is 1. The average molecular weight is 270 g/mol. The molecule has 106 valence electrons. The van der Waals surface area contributed by atoms with Crippen LogP contribution in [0.4, 0.5) is 5.69 Å². The molecule has 1 aromatic carbocycles. The Kier molecular flexibility index (Phi) is 3.93. The number of nitriles is 1. The molecular weight excluding hydrogens is 248 g/mol. The second-order valence-corrected chi connectivity index (χ2v) is 6.12. The molecule has 0 aromatic heterocycles. The zero-order chi connectivity index (χ0) is 13.8. The molecule has 3 heteroatoms. The van der Waals surface area contributed by atoms with E-state index < -0.39 is 0 Å². The zero-order valence-corrected chi connectivity index (χ0v) is 11.9. The van der Waals surface area contributed by atoms with E-state index in [9.17, 15) is 0 Å². The molecule has 1 aliphatic heterocycles. The van der Waals surface area contributed by atoms with Gasteiger partial charge in [-0.05, 0) is 43.9 Å². The van der Waals surface area contributed by atoms with Crippen LogP contribution in [0, 0.1) is 11.3 Å². The van der Waals surface area contributed by atoms with E-state index in [1.54, 1.807) is 0 Å². The van der Waals surface area contributed by atoms with Crippen molar-refractivity contribution in [2.45, 2.75) is 56.6 Å². The largest absolute Gasteiger partial charge is 0.382 e. The Morgan fingerprint density at radius 1 is 1.25 bits per heavy atom. The maximum Gasteiger partial charge on any atom is 0.0992 e. The quantitative estimate of drug-likeness (QED) is 0.887. The predicted octanol–water partition coefficient (Wildman–Crippen LogP) is 3.85. The smallest absolute Gasteiger partial charge is 0.0992 e. The van der Waals surface area contributed by atoms with Crippen molar-refractivity contribution in [2.24, 2.45) is 0 Å². The van der Waals surface area contributed by atoms with Crippen molar-refractivity contribution in [1.29, 1.82) is 5.26 Å². The zero-order valence-electron chi connectivity index (χ0n) is 11.9. The van der Waals surface area contributed by atoms with Crippen molar-refractivity contribution in [1.82, 2.24) is 0 Å². The van der Waals surface area contributed by atoms with Gasteiger partial charge in [-0.25, -0.2) is 0 Å². The first-order valence-electron chi connectivity index (χ1n) is 7.70. The molecule has 1 aliphatic carbocycles. The summed E-state index contributed by atoms with van der Waals surface area (Å²) in [7, 11) is 0. The van der Waals surface area contributed by atoms with Gasteiger partial charge >= 0.3 is 0 Å². The Bertz CT molecular complexity index is 494. The third-order valence-corrected chi connectivity index (χ3v) is 4.62. The van der Waals surface area contributed by atoms with Crippen LogP contribution in [-0.2, 0) is 4.74 Å². The number of benzene rings is 1. The second-order valence-electron chi connectivity index (χ2n) is 6.12. The number of nitrogens with one attached hydrogen (secondary N) is 1. The van der Waals surface area contributed by atoms with Gasteiger partial charge < -0.3 is 10.1 Å². The van der Waals surface area contributed by atoms with Gasteiger partial charge in [-0.1, -0.05) is 25.3 Å². The highest BCUT2D eigenvalue weighted by molar-refractivity contribution is 5.49. The summed E-state index contributed by atoms with van der Waals surface area (Å²) < 4.78 is 6.13. The van der Waals surface area contributed by atoms with Gasteiger partial charge in [-0.15, -0.1) is 0 Å². The number of rotatable bonds is 2. The standard InChI is InChI=1S/C17H22N2O/c18-13-14-5-4-6-15(11-14)19-16-7-10-20-17(12-16)8-2-1-3-9-17/h4-6,11,16,19H,1-3,7-10,12H2. The number of hydrogen-bond donors (Lipinski definition) is 1. The molecule has 1 unspecified atom stereocenters. The van der Waals surface area contributed by atoms with Crippen LogP contribution < -0.4 is 5.32 Å². The molecule has 2 aliphatic rings. The average Bonchev–Trinajstić information content (AvgIpc) is 2.48. The third-order valence-electron chi connectivity index (χ3n) is 4.62. The Morgan fingerprint density at radius 2 is 2.10 bits per heavy atom. The molecule has 20 heavy (non-hydrogen) atoms. The minimum Gasteiger partial charge on any atom is -0.382 e. The van der Waals surface area contributed by atoms with Gasteiger partial charge in [0.05, 0.1) is 17.2 Å². The Hall–Kier alpha value is -1.53. The van der Waals surface area contributed by atoms with Gasteiger partial charge in [0.25, 0.3) is 0 Å². The molecule has 1 saturated carbocycles. The highest BCUT2D eigenvalue weighted by Crippen LogP contribution is 2.39. The van der Waals surface area contributed by atoms with Gasteiger partial charge in [-0.2, -0.15) is 5.26 Å². The van der Waals surface area contributed by atoms with E-state index in [0.29, 0.717) is 6.04 Å². The molecule has 2 fully saturated rings. The molecule has 1 N–H and O–H groups in total. The lowest BCUT2D eigenvalue weighted by atomic mass is 9.78. The predicted molar refractivity (Wildman–Crippen MR) is 79.6 cm³/mol. The fourth-order valence-electron chi connectivity index (χ4n) is 3.61. The summed E-state index contributed by atoms with van der Waals surface area (Å²) in [6.45, 7) is 0.857. The van der Waals surface area contributed by atoms with Crippen molar-refractivity contribution in [3.8, 4) is 6.07 Å². The third kappa shape index (κ3) is 2.96. The molecule has 1 aromatic rings. The lowest BCUT2D eigenvalue weighted by Gasteiger charge is -2.44. The minimum atomic E-state index is 0.126. The Labute approximate surface area is 120 Å². The first-order valence-corrected chi connectivity index (χ1v) is 7.70. The summed E-state index contributed by atoms with van der Waals surface area (Å²) in [5, 5.41) is 12.6. The Balaban J connectivity index is 1.66.